The summed E-state index contributed by atoms with van der Waals surface area (Å²) in [6.45, 7) is 1.42. The first-order valence-corrected chi connectivity index (χ1v) is 9.72. The largest absolute Gasteiger partial charge is 0.495 e. The van der Waals surface area contributed by atoms with Gasteiger partial charge in [-0.1, -0.05) is 18.2 Å². The van der Waals surface area contributed by atoms with Crippen LogP contribution in [-0.2, 0) is 4.79 Å². The van der Waals surface area contributed by atoms with E-state index in [0.717, 1.165) is 21.6 Å². The van der Waals surface area contributed by atoms with Crippen molar-refractivity contribution in [2.75, 3.05) is 17.7 Å². The minimum Gasteiger partial charge on any atom is -0.495 e. The second kappa shape index (κ2) is 7.76. The van der Waals surface area contributed by atoms with Crippen LogP contribution >= 0.6 is 11.3 Å². The van der Waals surface area contributed by atoms with E-state index < -0.39 is 0 Å². The maximum absolute atomic E-state index is 12.7. The molecule has 0 spiro atoms. The monoisotopic (exact) mass is 406 g/mol. The van der Waals surface area contributed by atoms with Crippen LogP contribution in [0.1, 0.15) is 17.4 Å². The van der Waals surface area contributed by atoms with Crippen LogP contribution in [-0.4, -0.2) is 28.9 Å². The maximum atomic E-state index is 12.7. The average Bonchev–Trinajstić information content (AvgIpc) is 3.35. The van der Waals surface area contributed by atoms with Crippen LogP contribution in [0.3, 0.4) is 0 Å². The molecule has 0 aliphatic rings. The van der Waals surface area contributed by atoms with Crippen molar-refractivity contribution in [3.8, 4) is 16.5 Å². The number of benzene rings is 2. The minimum absolute atomic E-state index is 0.199. The molecule has 0 fully saturated rings. The fraction of sp³-hybridized carbons (Fsp3) is 0.0952. The van der Waals surface area contributed by atoms with E-state index in [9.17, 15) is 9.59 Å². The number of hydrogen-bond donors (Lipinski definition) is 3. The Bertz CT molecular complexity index is 1180. The van der Waals surface area contributed by atoms with E-state index in [0.29, 0.717) is 22.8 Å². The molecule has 4 rings (SSSR count). The number of para-hydroxylation sites is 1. The van der Waals surface area contributed by atoms with E-state index in [1.165, 1.54) is 25.4 Å². The zero-order valence-corrected chi connectivity index (χ0v) is 16.6. The van der Waals surface area contributed by atoms with Crippen molar-refractivity contribution < 1.29 is 14.3 Å². The lowest BCUT2D eigenvalue weighted by Crippen LogP contribution is -2.14. The molecule has 3 N–H and O–H groups in total. The molecule has 0 aliphatic carbocycles. The Morgan fingerprint density at radius 3 is 2.69 bits per heavy atom. The lowest BCUT2D eigenvalue weighted by Gasteiger charge is -2.11. The first-order valence-electron chi connectivity index (χ1n) is 8.84. The Morgan fingerprint density at radius 1 is 1.10 bits per heavy atom. The zero-order chi connectivity index (χ0) is 20.4. The summed E-state index contributed by atoms with van der Waals surface area (Å²) >= 11 is 1.39. The third-order valence-electron chi connectivity index (χ3n) is 4.27. The smallest absolute Gasteiger partial charge is 0.275 e. The summed E-state index contributed by atoms with van der Waals surface area (Å²) < 4.78 is 5.30. The lowest BCUT2D eigenvalue weighted by atomic mass is 10.2. The number of nitrogens with zero attached hydrogens (tertiary/aromatic N) is 1. The molecule has 0 bridgehead atoms. The van der Waals surface area contributed by atoms with Gasteiger partial charge in [-0.3, -0.25) is 9.59 Å². The molecule has 4 aromatic rings. The third kappa shape index (κ3) is 3.97. The van der Waals surface area contributed by atoms with Crippen LogP contribution in [0.25, 0.3) is 21.6 Å². The van der Waals surface area contributed by atoms with Crippen LogP contribution in [0.5, 0.6) is 5.75 Å². The molecule has 0 aliphatic heterocycles. The fourth-order valence-electron chi connectivity index (χ4n) is 2.96. The quantitative estimate of drug-likeness (QED) is 0.454. The molecule has 0 saturated carbocycles. The topological polar surface area (TPSA) is 96.1 Å². The van der Waals surface area contributed by atoms with Crippen LogP contribution in [0, 0.1) is 0 Å². The summed E-state index contributed by atoms with van der Waals surface area (Å²) in [6, 6.07) is 15.0. The predicted octanol–water partition coefficient (Wildman–Crippen LogP) is 4.51. The van der Waals surface area contributed by atoms with Gasteiger partial charge in [0.2, 0.25) is 5.91 Å². The normalized spacial score (nSPS) is 10.7. The molecule has 7 nitrogen and oxygen atoms in total. The Kier molecular flexibility index (Phi) is 5.01. The number of carbonyl (C=O) groups excluding carboxylic acids is 2. The molecule has 146 valence electrons. The summed E-state index contributed by atoms with van der Waals surface area (Å²) in [6.07, 6.45) is 0. The van der Waals surface area contributed by atoms with Crippen molar-refractivity contribution in [3.05, 3.63) is 59.6 Å². The van der Waals surface area contributed by atoms with Crippen molar-refractivity contribution in [2.45, 2.75) is 6.92 Å². The van der Waals surface area contributed by atoms with Crippen LogP contribution < -0.4 is 15.4 Å². The van der Waals surface area contributed by atoms with E-state index >= 15 is 0 Å². The summed E-state index contributed by atoms with van der Waals surface area (Å²) in [7, 11) is 1.51. The molecule has 2 amide bonds. The second-order valence-corrected chi connectivity index (χ2v) is 7.22. The number of rotatable bonds is 5. The third-order valence-corrected chi connectivity index (χ3v) is 5.14. The Labute approximate surface area is 170 Å². The maximum Gasteiger partial charge on any atom is 0.275 e. The number of methoxy groups -OCH3 is 1. The number of nitrogens with one attached hydrogen (secondary N) is 3. The van der Waals surface area contributed by atoms with Gasteiger partial charge in [0.25, 0.3) is 5.91 Å². The first-order chi connectivity index (χ1) is 14.0. The van der Waals surface area contributed by atoms with Gasteiger partial charge in [0.15, 0.2) is 0 Å². The predicted molar refractivity (Wildman–Crippen MR) is 115 cm³/mol. The summed E-state index contributed by atoms with van der Waals surface area (Å²) in [4.78, 5) is 31.8. The summed E-state index contributed by atoms with van der Waals surface area (Å²) in [5.41, 5.74) is 3.19. The molecule has 0 unspecified atom stereocenters. The molecule has 2 heterocycles. The highest BCUT2D eigenvalue weighted by molar-refractivity contribution is 7.13. The van der Waals surface area contributed by atoms with Crippen LogP contribution in [0.4, 0.5) is 11.4 Å². The zero-order valence-electron chi connectivity index (χ0n) is 15.8. The summed E-state index contributed by atoms with van der Waals surface area (Å²) in [5, 5.41) is 9.01. The van der Waals surface area contributed by atoms with Gasteiger partial charge in [0.05, 0.1) is 18.5 Å². The average molecular weight is 406 g/mol. The number of aromatic amines is 1. The van der Waals surface area contributed by atoms with Crippen molar-refractivity contribution in [1.82, 2.24) is 9.97 Å². The van der Waals surface area contributed by atoms with E-state index in [1.807, 2.05) is 30.3 Å². The van der Waals surface area contributed by atoms with Crippen LogP contribution in [0.2, 0.25) is 0 Å². The van der Waals surface area contributed by atoms with Gasteiger partial charge >= 0.3 is 0 Å². The SMILES string of the molecule is COc1ccc(NC(C)=O)cc1NC(=O)c1csc(-c2cc3ccccc3[nH]2)n1. The highest BCUT2D eigenvalue weighted by atomic mass is 32.1. The van der Waals surface area contributed by atoms with Gasteiger partial charge in [-0.25, -0.2) is 4.98 Å². The molecule has 2 aromatic carbocycles. The van der Waals surface area contributed by atoms with Crippen molar-refractivity contribution in [2.24, 2.45) is 0 Å². The Hall–Kier alpha value is -3.65. The molecule has 0 radical (unpaired) electrons. The molecular weight excluding hydrogens is 388 g/mol. The number of thiazole rings is 1. The number of H-pyrrole nitrogens is 1. The number of anilines is 2. The van der Waals surface area contributed by atoms with Gasteiger partial charge in [0, 0.05) is 28.9 Å². The molecule has 0 saturated heterocycles. The minimum atomic E-state index is -0.359. The molecule has 29 heavy (non-hydrogen) atoms. The highest BCUT2D eigenvalue weighted by Gasteiger charge is 2.16. The van der Waals surface area contributed by atoms with Gasteiger partial charge in [-0.15, -0.1) is 11.3 Å². The van der Waals surface area contributed by atoms with Gasteiger partial charge < -0.3 is 20.4 Å². The molecule has 8 heteroatoms. The van der Waals surface area contributed by atoms with Crippen molar-refractivity contribution in [1.29, 1.82) is 0 Å². The number of amides is 2. The Morgan fingerprint density at radius 2 is 1.93 bits per heavy atom. The van der Waals surface area contributed by atoms with E-state index in [2.05, 4.69) is 20.6 Å². The highest BCUT2D eigenvalue weighted by Crippen LogP contribution is 2.30. The number of aromatic nitrogens is 2. The van der Waals surface area contributed by atoms with E-state index in [4.69, 9.17) is 4.74 Å². The van der Waals surface area contributed by atoms with Gasteiger partial charge in [-0.05, 0) is 30.3 Å². The molecular formula is C21H18N4O3S. The van der Waals surface area contributed by atoms with E-state index in [-0.39, 0.29) is 11.8 Å². The Balaban J connectivity index is 1.57. The number of ether oxygens (including phenoxy) is 1. The van der Waals surface area contributed by atoms with Crippen molar-refractivity contribution >= 4 is 45.4 Å². The van der Waals surface area contributed by atoms with Gasteiger partial charge in [-0.2, -0.15) is 0 Å². The number of carbonyl (C=O) groups is 2. The fourth-order valence-corrected chi connectivity index (χ4v) is 3.73. The first kappa shape index (κ1) is 18.7. The molecule has 2 aromatic heterocycles. The standard InChI is InChI=1S/C21H18N4O3S/c1-12(26)22-14-7-8-19(28-2)16(10-14)24-20(27)18-11-29-21(25-18)17-9-13-5-3-4-6-15(13)23-17/h3-11,23H,1-2H3,(H,22,26)(H,24,27). The summed E-state index contributed by atoms with van der Waals surface area (Å²) in [5.74, 6) is -0.0738. The second-order valence-electron chi connectivity index (χ2n) is 6.36. The number of hydrogen-bond acceptors (Lipinski definition) is 5. The lowest BCUT2D eigenvalue weighted by molar-refractivity contribution is -0.114. The molecule has 0 atom stereocenters. The van der Waals surface area contributed by atoms with E-state index in [1.54, 1.807) is 23.6 Å². The number of fused-ring (bicyclic) bond motifs is 1. The van der Waals surface area contributed by atoms with Crippen LogP contribution in [0.15, 0.2) is 53.9 Å². The van der Waals surface area contributed by atoms with Crippen molar-refractivity contribution in [3.63, 3.8) is 0 Å². The van der Waals surface area contributed by atoms with Gasteiger partial charge in [0.1, 0.15) is 16.5 Å².